The minimum absolute atomic E-state index is 0.423. The molecule has 0 amide bonds. The smallest absolute Gasteiger partial charge is 0.340 e. The van der Waals surface area contributed by atoms with E-state index < -0.39 is 5.97 Å². The van der Waals surface area contributed by atoms with E-state index in [1.807, 2.05) is 42.5 Å². The Labute approximate surface area is 173 Å². The third kappa shape index (κ3) is 3.67. The first-order valence-electron chi connectivity index (χ1n) is 9.45. The maximum Gasteiger partial charge on any atom is 0.340 e. The van der Waals surface area contributed by atoms with Crippen LogP contribution in [0.15, 0.2) is 48.5 Å². The van der Waals surface area contributed by atoms with E-state index in [4.69, 9.17) is 23.9 Å². The molecule has 0 radical (unpaired) electrons. The lowest BCUT2D eigenvalue weighted by Crippen LogP contribution is -2.03. The van der Waals surface area contributed by atoms with Crippen LogP contribution in [-0.2, 0) is 9.47 Å². The maximum atomic E-state index is 12.5. The summed E-state index contributed by atoms with van der Waals surface area (Å²) in [6, 6.07) is 15.0. The molecule has 0 spiro atoms. The lowest BCUT2D eigenvalue weighted by atomic mass is 10.1. The van der Waals surface area contributed by atoms with Crippen LogP contribution in [0.4, 0.5) is 0 Å². The molecule has 2 aromatic heterocycles. The van der Waals surface area contributed by atoms with Gasteiger partial charge in [-0.15, -0.1) is 0 Å². The van der Waals surface area contributed by atoms with Gasteiger partial charge in [0.15, 0.2) is 0 Å². The molecule has 0 aliphatic carbocycles. The molecule has 4 rings (SSSR count). The quantitative estimate of drug-likeness (QED) is 0.366. The zero-order valence-corrected chi connectivity index (χ0v) is 17.0. The Kier molecular flexibility index (Phi) is 5.54. The van der Waals surface area contributed by atoms with E-state index in [2.05, 4.69) is 4.98 Å². The molecular formula is C23H22N2O5. The summed E-state index contributed by atoms with van der Waals surface area (Å²) in [4.78, 5) is 20.6. The summed E-state index contributed by atoms with van der Waals surface area (Å²) < 4.78 is 21.0. The Morgan fingerprint density at radius 3 is 2.43 bits per heavy atom. The number of esters is 1. The molecule has 7 nitrogen and oxygen atoms in total. The zero-order valence-electron chi connectivity index (χ0n) is 17.0. The summed E-state index contributed by atoms with van der Waals surface area (Å²) in [7, 11) is 4.62. The van der Waals surface area contributed by atoms with E-state index in [1.165, 1.54) is 7.11 Å². The van der Waals surface area contributed by atoms with E-state index in [9.17, 15) is 4.79 Å². The topological polar surface area (TPSA) is 82.7 Å². The van der Waals surface area contributed by atoms with Crippen molar-refractivity contribution < 1.29 is 23.7 Å². The van der Waals surface area contributed by atoms with Crippen LogP contribution in [0.5, 0.6) is 11.5 Å². The molecule has 4 aromatic rings. The minimum Gasteiger partial charge on any atom is -0.497 e. The van der Waals surface area contributed by atoms with Crippen LogP contribution in [0.25, 0.3) is 33.2 Å². The van der Waals surface area contributed by atoms with Gasteiger partial charge in [0.1, 0.15) is 18.1 Å². The number of fused-ring (bicyclic) bond motifs is 3. The lowest BCUT2D eigenvalue weighted by Gasteiger charge is -2.07. The highest BCUT2D eigenvalue weighted by Crippen LogP contribution is 2.32. The zero-order chi connectivity index (χ0) is 21.1. The van der Waals surface area contributed by atoms with E-state index in [0.29, 0.717) is 41.3 Å². The number of hydrogen-bond acceptors (Lipinski definition) is 6. The average Bonchev–Trinajstić information content (AvgIpc) is 3.16. The van der Waals surface area contributed by atoms with Gasteiger partial charge in [0.2, 0.25) is 0 Å². The van der Waals surface area contributed by atoms with Gasteiger partial charge in [-0.25, -0.2) is 9.78 Å². The molecule has 7 heteroatoms. The van der Waals surface area contributed by atoms with Gasteiger partial charge in [0.25, 0.3) is 0 Å². The first-order valence-corrected chi connectivity index (χ1v) is 9.45. The van der Waals surface area contributed by atoms with Gasteiger partial charge >= 0.3 is 5.97 Å². The Balaban J connectivity index is 1.86. The van der Waals surface area contributed by atoms with Crippen LogP contribution >= 0.6 is 0 Å². The molecule has 0 bridgehead atoms. The number of ether oxygens (including phenoxy) is 4. The highest BCUT2D eigenvalue weighted by Gasteiger charge is 2.18. The molecule has 0 saturated carbocycles. The van der Waals surface area contributed by atoms with Gasteiger partial charge in [-0.3, -0.25) is 0 Å². The largest absolute Gasteiger partial charge is 0.497 e. The predicted molar refractivity (Wildman–Crippen MR) is 114 cm³/mol. The molecule has 0 atom stereocenters. The van der Waals surface area contributed by atoms with Crippen molar-refractivity contribution >= 4 is 27.9 Å². The van der Waals surface area contributed by atoms with Crippen LogP contribution in [0.2, 0.25) is 0 Å². The number of nitrogens with one attached hydrogen (secondary N) is 1. The average molecular weight is 406 g/mol. The molecule has 0 aliphatic heterocycles. The van der Waals surface area contributed by atoms with Gasteiger partial charge in [-0.05, 0) is 42.5 Å². The van der Waals surface area contributed by atoms with Gasteiger partial charge in [-0.2, -0.15) is 0 Å². The van der Waals surface area contributed by atoms with Crippen LogP contribution in [0, 0.1) is 0 Å². The van der Waals surface area contributed by atoms with Gasteiger partial charge in [-0.1, -0.05) is 0 Å². The number of nitrogens with zero attached hydrogens (tertiary/aromatic N) is 1. The number of hydrogen-bond donors (Lipinski definition) is 1. The Hall–Kier alpha value is -3.58. The van der Waals surface area contributed by atoms with E-state index in [0.717, 1.165) is 22.2 Å². The SMILES string of the molecule is COCCOc1ccc2c(c1)[nH]c1c(C(=O)OC)cc(-c3ccc(OC)cc3)nc12. The number of aromatic amines is 1. The van der Waals surface area contributed by atoms with Crippen LogP contribution in [0.1, 0.15) is 10.4 Å². The highest BCUT2D eigenvalue weighted by atomic mass is 16.5. The van der Waals surface area contributed by atoms with Gasteiger partial charge in [0.05, 0.1) is 48.6 Å². The molecule has 0 saturated heterocycles. The number of benzene rings is 2. The Bertz CT molecular complexity index is 1200. The summed E-state index contributed by atoms with van der Waals surface area (Å²) in [6.07, 6.45) is 0. The molecule has 154 valence electrons. The van der Waals surface area contributed by atoms with Crippen molar-refractivity contribution in [2.24, 2.45) is 0 Å². The number of methoxy groups -OCH3 is 3. The predicted octanol–water partition coefficient (Wildman–Crippen LogP) is 4.20. The Morgan fingerprint density at radius 1 is 0.967 bits per heavy atom. The fourth-order valence-electron chi connectivity index (χ4n) is 3.35. The number of carbonyl (C=O) groups is 1. The number of aromatic nitrogens is 2. The summed E-state index contributed by atoms with van der Waals surface area (Å²) in [5, 5.41) is 0.893. The van der Waals surface area contributed by atoms with Crippen molar-refractivity contribution in [3.05, 3.63) is 54.1 Å². The van der Waals surface area contributed by atoms with Crippen molar-refractivity contribution in [3.8, 4) is 22.8 Å². The Morgan fingerprint density at radius 2 is 1.73 bits per heavy atom. The third-order valence-electron chi connectivity index (χ3n) is 4.87. The van der Waals surface area contributed by atoms with Gasteiger partial charge < -0.3 is 23.9 Å². The van der Waals surface area contributed by atoms with Crippen molar-refractivity contribution in [2.75, 3.05) is 34.5 Å². The molecule has 1 N–H and O–H groups in total. The fraction of sp³-hybridized carbons (Fsp3) is 0.217. The highest BCUT2D eigenvalue weighted by molar-refractivity contribution is 6.13. The molecule has 2 heterocycles. The second-order valence-corrected chi connectivity index (χ2v) is 6.67. The van der Waals surface area contributed by atoms with Crippen LogP contribution in [-0.4, -0.2) is 50.5 Å². The number of pyridine rings is 1. The van der Waals surface area contributed by atoms with Gasteiger partial charge in [0, 0.05) is 24.1 Å². The minimum atomic E-state index is -0.430. The molecule has 30 heavy (non-hydrogen) atoms. The third-order valence-corrected chi connectivity index (χ3v) is 4.87. The summed E-state index contributed by atoms with van der Waals surface area (Å²) >= 11 is 0. The molecule has 0 aliphatic rings. The first-order chi connectivity index (χ1) is 14.6. The molecule has 2 aromatic carbocycles. The second-order valence-electron chi connectivity index (χ2n) is 6.67. The van der Waals surface area contributed by atoms with E-state index >= 15 is 0 Å². The normalized spacial score (nSPS) is 11.0. The standard InChI is InChI=1S/C23H22N2O5/c1-27-10-11-30-16-8-9-17-20(12-16)25-22-18(23(26)29-3)13-19(24-21(17)22)14-4-6-15(28-2)7-5-14/h4-9,12-13,25H,10-11H2,1-3H3. The number of H-pyrrole nitrogens is 1. The summed E-state index contributed by atoms with van der Waals surface area (Å²) in [6.45, 7) is 0.958. The summed E-state index contributed by atoms with van der Waals surface area (Å²) in [5.41, 5.74) is 4.12. The van der Waals surface area contributed by atoms with Crippen molar-refractivity contribution in [1.29, 1.82) is 0 Å². The van der Waals surface area contributed by atoms with Crippen molar-refractivity contribution in [3.63, 3.8) is 0 Å². The fourth-order valence-corrected chi connectivity index (χ4v) is 3.35. The number of rotatable bonds is 7. The maximum absolute atomic E-state index is 12.5. The first kappa shape index (κ1) is 19.7. The number of carbonyl (C=O) groups excluding carboxylic acids is 1. The lowest BCUT2D eigenvalue weighted by molar-refractivity contribution is 0.0603. The monoisotopic (exact) mass is 406 g/mol. The van der Waals surface area contributed by atoms with E-state index in [1.54, 1.807) is 20.3 Å². The van der Waals surface area contributed by atoms with Crippen molar-refractivity contribution in [1.82, 2.24) is 9.97 Å². The molecule has 0 fully saturated rings. The van der Waals surface area contributed by atoms with E-state index in [-0.39, 0.29) is 0 Å². The summed E-state index contributed by atoms with van der Waals surface area (Å²) in [5.74, 6) is 1.03. The molecular weight excluding hydrogens is 384 g/mol. The van der Waals surface area contributed by atoms with Crippen LogP contribution in [0.3, 0.4) is 0 Å². The van der Waals surface area contributed by atoms with Crippen molar-refractivity contribution in [2.45, 2.75) is 0 Å². The molecule has 0 unspecified atom stereocenters. The van der Waals surface area contributed by atoms with Crippen LogP contribution < -0.4 is 9.47 Å². The second kappa shape index (κ2) is 8.42.